The molecular formula is C21H19F3N6O2. The van der Waals surface area contributed by atoms with Crippen molar-refractivity contribution in [2.75, 3.05) is 13.1 Å². The van der Waals surface area contributed by atoms with E-state index in [1.165, 1.54) is 0 Å². The minimum Gasteiger partial charge on any atom is -0.382 e. The molecular weight excluding hydrogens is 425 g/mol. The van der Waals surface area contributed by atoms with Gasteiger partial charge in [0.2, 0.25) is 6.10 Å². The van der Waals surface area contributed by atoms with Gasteiger partial charge in [-0.3, -0.25) is 4.79 Å². The van der Waals surface area contributed by atoms with E-state index in [4.69, 9.17) is 4.84 Å². The number of hydrogen-bond acceptors (Lipinski definition) is 6. The number of hydrogen-bond donors (Lipinski definition) is 0. The Morgan fingerprint density at radius 2 is 2.00 bits per heavy atom. The van der Waals surface area contributed by atoms with Gasteiger partial charge >= 0.3 is 6.18 Å². The number of carbonyl (C=O) groups is 1. The third-order valence-corrected chi connectivity index (χ3v) is 5.76. The van der Waals surface area contributed by atoms with Gasteiger partial charge in [0.05, 0.1) is 11.4 Å². The summed E-state index contributed by atoms with van der Waals surface area (Å²) in [6, 6.07) is 10.5. The van der Waals surface area contributed by atoms with Crippen LogP contribution in [0.5, 0.6) is 0 Å². The number of halogens is 3. The fraction of sp³-hybridized carbons (Fsp3) is 0.381. The molecule has 0 N–H and O–H groups in total. The summed E-state index contributed by atoms with van der Waals surface area (Å²) in [5.41, 5.74) is 0.915. The van der Waals surface area contributed by atoms with Crippen molar-refractivity contribution >= 4 is 17.4 Å². The van der Waals surface area contributed by atoms with E-state index in [1.807, 2.05) is 30.3 Å². The highest BCUT2D eigenvalue weighted by atomic mass is 19.4. The summed E-state index contributed by atoms with van der Waals surface area (Å²) < 4.78 is 41.2. The number of oxime groups is 1. The highest BCUT2D eigenvalue weighted by molar-refractivity contribution is 6.04. The molecule has 0 unspecified atom stereocenters. The molecule has 0 radical (unpaired) electrons. The van der Waals surface area contributed by atoms with Crippen LogP contribution in [0, 0.1) is 0 Å². The Kier molecular flexibility index (Phi) is 5.03. The van der Waals surface area contributed by atoms with Crippen LogP contribution in [0.3, 0.4) is 0 Å². The molecule has 4 heterocycles. The summed E-state index contributed by atoms with van der Waals surface area (Å²) in [5, 5.41) is 7.69. The SMILES string of the molecule is O=C([C@@H]1CC(c2ccccc2)=NO1)N1CCC[C@H](c2cc(C(F)(F)F)n3ncnc3n2)C1. The highest BCUT2D eigenvalue weighted by Crippen LogP contribution is 2.33. The second kappa shape index (κ2) is 7.88. The number of amides is 1. The number of aromatic nitrogens is 4. The first-order valence-electron chi connectivity index (χ1n) is 10.2. The van der Waals surface area contributed by atoms with Gasteiger partial charge in [0.1, 0.15) is 6.33 Å². The van der Waals surface area contributed by atoms with Crippen molar-refractivity contribution in [2.45, 2.75) is 37.5 Å². The van der Waals surface area contributed by atoms with Gasteiger partial charge in [0.25, 0.3) is 11.7 Å². The van der Waals surface area contributed by atoms with Crippen LogP contribution in [0.1, 0.15) is 42.1 Å². The Labute approximate surface area is 180 Å². The minimum atomic E-state index is -4.60. The fourth-order valence-corrected chi connectivity index (χ4v) is 4.17. The number of rotatable bonds is 3. The monoisotopic (exact) mass is 444 g/mol. The Hall–Kier alpha value is -3.50. The molecule has 2 aromatic heterocycles. The van der Waals surface area contributed by atoms with Crippen molar-refractivity contribution in [3.05, 3.63) is 59.7 Å². The maximum absolute atomic E-state index is 13.5. The van der Waals surface area contributed by atoms with Crippen LogP contribution in [0.4, 0.5) is 13.2 Å². The molecule has 0 spiro atoms. The van der Waals surface area contributed by atoms with E-state index < -0.39 is 18.0 Å². The second-order valence-electron chi connectivity index (χ2n) is 7.86. The van der Waals surface area contributed by atoms with Gasteiger partial charge in [-0.1, -0.05) is 35.5 Å². The van der Waals surface area contributed by atoms with Crippen molar-refractivity contribution in [3.63, 3.8) is 0 Å². The predicted molar refractivity (Wildman–Crippen MR) is 107 cm³/mol. The topological polar surface area (TPSA) is 85.0 Å². The van der Waals surface area contributed by atoms with Crippen LogP contribution in [0.2, 0.25) is 0 Å². The van der Waals surface area contributed by atoms with Crippen molar-refractivity contribution in [3.8, 4) is 0 Å². The number of likely N-dealkylation sites (tertiary alicyclic amines) is 1. The number of fused-ring (bicyclic) bond motifs is 1. The van der Waals surface area contributed by atoms with Crippen molar-refractivity contribution in [1.82, 2.24) is 24.5 Å². The largest absolute Gasteiger partial charge is 0.433 e. The van der Waals surface area contributed by atoms with Gasteiger partial charge in [0.15, 0.2) is 5.69 Å². The molecule has 2 aliphatic rings. The number of nitrogens with zero attached hydrogens (tertiary/aromatic N) is 6. The van der Waals surface area contributed by atoms with Crippen LogP contribution in [-0.2, 0) is 15.8 Å². The lowest BCUT2D eigenvalue weighted by Crippen LogP contribution is -2.44. The first-order chi connectivity index (χ1) is 15.4. The number of piperidine rings is 1. The molecule has 1 fully saturated rings. The van der Waals surface area contributed by atoms with Gasteiger partial charge in [-0.25, -0.2) is 4.98 Å². The zero-order valence-corrected chi connectivity index (χ0v) is 16.9. The predicted octanol–water partition coefficient (Wildman–Crippen LogP) is 3.04. The molecule has 0 bridgehead atoms. The zero-order valence-electron chi connectivity index (χ0n) is 16.9. The van der Waals surface area contributed by atoms with E-state index in [2.05, 4.69) is 20.2 Å². The van der Waals surface area contributed by atoms with Crippen molar-refractivity contribution in [1.29, 1.82) is 0 Å². The first kappa shape index (κ1) is 20.4. The van der Waals surface area contributed by atoms with Gasteiger partial charge < -0.3 is 9.74 Å². The van der Waals surface area contributed by atoms with Gasteiger partial charge in [-0.15, -0.1) is 0 Å². The molecule has 166 valence electrons. The summed E-state index contributed by atoms with van der Waals surface area (Å²) in [5.74, 6) is -0.672. The summed E-state index contributed by atoms with van der Waals surface area (Å²) >= 11 is 0. The van der Waals surface area contributed by atoms with Crippen LogP contribution < -0.4 is 0 Å². The molecule has 1 aromatic carbocycles. The van der Waals surface area contributed by atoms with Crippen LogP contribution in [0.15, 0.2) is 47.9 Å². The third-order valence-electron chi connectivity index (χ3n) is 5.76. The normalized spacial score (nSPS) is 21.5. The van der Waals surface area contributed by atoms with E-state index in [0.29, 0.717) is 36.0 Å². The van der Waals surface area contributed by atoms with Crippen molar-refractivity contribution in [2.24, 2.45) is 5.16 Å². The minimum absolute atomic E-state index is 0.113. The molecule has 1 saturated heterocycles. The van der Waals surface area contributed by atoms with E-state index in [-0.39, 0.29) is 29.8 Å². The molecule has 3 aromatic rings. The molecule has 2 aliphatic heterocycles. The van der Waals surface area contributed by atoms with E-state index in [9.17, 15) is 18.0 Å². The highest BCUT2D eigenvalue weighted by Gasteiger charge is 2.38. The standard InChI is InChI=1S/C21H19F3N6O2/c22-21(23,24)18-10-15(27-20-25-12-26-30(18)20)14-7-4-8-29(11-14)19(31)17-9-16(28-32-17)13-5-2-1-3-6-13/h1-3,5-6,10,12,14,17H,4,7-9,11H2/t14-,17-/m0/s1. The Morgan fingerprint density at radius 1 is 1.19 bits per heavy atom. The summed E-state index contributed by atoms with van der Waals surface area (Å²) in [7, 11) is 0. The molecule has 0 aliphatic carbocycles. The molecule has 2 atom stereocenters. The molecule has 32 heavy (non-hydrogen) atoms. The number of benzene rings is 1. The number of carbonyl (C=O) groups excluding carboxylic acids is 1. The summed E-state index contributed by atoms with van der Waals surface area (Å²) in [6.07, 6.45) is -2.67. The zero-order chi connectivity index (χ0) is 22.3. The average Bonchev–Trinajstić information content (AvgIpc) is 3.48. The van der Waals surface area contributed by atoms with Gasteiger partial charge in [-0.2, -0.15) is 27.8 Å². The maximum Gasteiger partial charge on any atom is 0.433 e. The van der Waals surface area contributed by atoms with E-state index in [1.54, 1.807) is 4.90 Å². The lowest BCUT2D eigenvalue weighted by molar-refractivity contribution is -0.144. The number of alkyl halides is 3. The molecule has 5 rings (SSSR count). The Bertz CT molecular complexity index is 1180. The van der Waals surface area contributed by atoms with Crippen LogP contribution >= 0.6 is 0 Å². The smallest absolute Gasteiger partial charge is 0.382 e. The Balaban J connectivity index is 1.33. The molecule has 11 heteroatoms. The van der Waals surface area contributed by atoms with Crippen LogP contribution in [0.25, 0.3) is 5.78 Å². The third kappa shape index (κ3) is 3.78. The average molecular weight is 444 g/mol. The summed E-state index contributed by atoms with van der Waals surface area (Å²) in [6.45, 7) is 0.767. The lowest BCUT2D eigenvalue weighted by atomic mass is 9.93. The quantitative estimate of drug-likeness (QED) is 0.620. The molecule has 1 amide bonds. The molecule has 8 nitrogen and oxygen atoms in total. The maximum atomic E-state index is 13.5. The van der Waals surface area contributed by atoms with E-state index >= 15 is 0 Å². The molecule has 0 saturated carbocycles. The fourth-order valence-electron chi connectivity index (χ4n) is 4.17. The van der Waals surface area contributed by atoms with Gasteiger partial charge in [-0.05, 0) is 24.5 Å². The summed E-state index contributed by atoms with van der Waals surface area (Å²) in [4.78, 5) is 28.2. The van der Waals surface area contributed by atoms with E-state index in [0.717, 1.165) is 18.0 Å². The lowest BCUT2D eigenvalue weighted by Gasteiger charge is -2.33. The Morgan fingerprint density at radius 3 is 2.78 bits per heavy atom. The second-order valence-corrected chi connectivity index (χ2v) is 7.86. The first-order valence-corrected chi connectivity index (χ1v) is 10.2. The van der Waals surface area contributed by atoms with Crippen molar-refractivity contribution < 1.29 is 22.8 Å². The van der Waals surface area contributed by atoms with Crippen LogP contribution in [-0.4, -0.2) is 55.3 Å². The van der Waals surface area contributed by atoms with Gasteiger partial charge in [0, 0.05) is 25.4 Å².